The molecule has 0 atom stereocenters. The van der Waals surface area contributed by atoms with Crippen LogP contribution in [0.3, 0.4) is 0 Å². The van der Waals surface area contributed by atoms with Gasteiger partial charge >= 0.3 is 0 Å². The Morgan fingerprint density at radius 1 is 1.14 bits per heavy atom. The van der Waals surface area contributed by atoms with Crippen molar-refractivity contribution in [2.24, 2.45) is 0 Å². The molecule has 152 valence electrons. The van der Waals surface area contributed by atoms with Gasteiger partial charge in [0.05, 0.1) is 26.3 Å². The van der Waals surface area contributed by atoms with E-state index < -0.39 is 0 Å². The highest BCUT2D eigenvalue weighted by molar-refractivity contribution is 6.30. The van der Waals surface area contributed by atoms with Gasteiger partial charge in [-0.25, -0.2) is 0 Å². The summed E-state index contributed by atoms with van der Waals surface area (Å²) < 4.78 is 11.2. The zero-order valence-corrected chi connectivity index (χ0v) is 17.5. The van der Waals surface area contributed by atoms with Crippen LogP contribution in [0.2, 0.25) is 5.02 Å². The van der Waals surface area contributed by atoms with Crippen LogP contribution in [0, 0.1) is 6.92 Å². The van der Waals surface area contributed by atoms with Crippen LogP contribution >= 0.6 is 24.0 Å². The number of rotatable bonds is 7. The van der Waals surface area contributed by atoms with Gasteiger partial charge in [0.15, 0.2) is 0 Å². The maximum atomic E-state index is 13.0. The lowest BCUT2D eigenvalue weighted by Crippen LogP contribution is -2.46. The fourth-order valence-corrected chi connectivity index (χ4v) is 3.19. The average molecular weight is 425 g/mol. The fraction of sp³-hybridized carbons (Fsp3) is 0.381. The monoisotopic (exact) mass is 424 g/mol. The summed E-state index contributed by atoms with van der Waals surface area (Å²) in [6, 6.07) is 15.2. The highest BCUT2D eigenvalue weighted by Gasteiger charge is 2.21. The molecule has 1 saturated heterocycles. The van der Waals surface area contributed by atoms with E-state index in [1.807, 2.05) is 48.2 Å². The Balaban J connectivity index is 0.00000280. The second-order valence-corrected chi connectivity index (χ2v) is 6.96. The molecule has 0 saturated carbocycles. The molecule has 0 aromatic heterocycles. The summed E-state index contributed by atoms with van der Waals surface area (Å²) in [5.74, 6) is 0.815. The molecule has 0 unspecified atom stereocenters. The SMILES string of the molecule is Cc1ccccc1N(CCOc1ccc(Cl)cc1)C(=O)CN1CCOCC1.Cl. The smallest absolute Gasteiger partial charge is 0.241 e. The number of carbonyl (C=O) groups is 1. The first-order valence-corrected chi connectivity index (χ1v) is 9.56. The Labute approximate surface area is 177 Å². The summed E-state index contributed by atoms with van der Waals surface area (Å²) in [5, 5.41) is 0.671. The van der Waals surface area contributed by atoms with Crippen LogP contribution in [-0.4, -0.2) is 56.8 Å². The number of nitrogens with zero attached hydrogens (tertiary/aromatic N) is 2. The van der Waals surface area contributed by atoms with Crippen molar-refractivity contribution in [3.63, 3.8) is 0 Å². The van der Waals surface area contributed by atoms with Gasteiger partial charge in [0.1, 0.15) is 12.4 Å². The Morgan fingerprint density at radius 2 is 1.82 bits per heavy atom. The number of carbonyl (C=O) groups excluding carboxylic acids is 1. The summed E-state index contributed by atoms with van der Waals surface area (Å²) in [5.41, 5.74) is 2.00. The third-order valence-corrected chi connectivity index (χ3v) is 4.82. The van der Waals surface area contributed by atoms with E-state index in [4.69, 9.17) is 21.1 Å². The second-order valence-electron chi connectivity index (χ2n) is 6.52. The molecule has 0 radical (unpaired) electrons. The predicted octanol–water partition coefficient (Wildman–Crippen LogP) is 3.81. The van der Waals surface area contributed by atoms with Crippen molar-refractivity contribution in [3.8, 4) is 5.75 Å². The van der Waals surface area contributed by atoms with E-state index in [2.05, 4.69) is 4.90 Å². The predicted molar refractivity (Wildman–Crippen MR) is 115 cm³/mol. The summed E-state index contributed by atoms with van der Waals surface area (Å²) in [7, 11) is 0. The van der Waals surface area contributed by atoms with Crippen LogP contribution in [0.1, 0.15) is 5.56 Å². The van der Waals surface area contributed by atoms with E-state index in [1.165, 1.54) is 0 Å². The van der Waals surface area contributed by atoms with E-state index in [0.29, 0.717) is 37.9 Å². The lowest BCUT2D eigenvalue weighted by atomic mass is 10.1. The Hall–Kier alpha value is -1.79. The number of halogens is 2. The first-order valence-electron chi connectivity index (χ1n) is 9.18. The van der Waals surface area contributed by atoms with Crippen molar-refractivity contribution < 1.29 is 14.3 Å². The largest absolute Gasteiger partial charge is 0.492 e. The number of morpholine rings is 1. The number of para-hydroxylation sites is 1. The highest BCUT2D eigenvalue weighted by Crippen LogP contribution is 2.21. The molecule has 0 aliphatic carbocycles. The van der Waals surface area contributed by atoms with Gasteiger partial charge < -0.3 is 14.4 Å². The van der Waals surface area contributed by atoms with Crippen LogP contribution in [0.4, 0.5) is 5.69 Å². The molecule has 28 heavy (non-hydrogen) atoms. The minimum atomic E-state index is 0. The molecule has 1 heterocycles. The third kappa shape index (κ3) is 6.38. The first kappa shape index (κ1) is 22.5. The number of benzene rings is 2. The van der Waals surface area contributed by atoms with Crippen molar-refractivity contribution in [2.75, 3.05) is 50.9 Å². The molecule has 1 aliphatic rings. The van der Waals surface area contributed by atoms with Crippen LogP contribution < -0.4 is 9.64 Å². The lowest BCUT2D eigenvalue weighted by Gasteiger charge is -2.30. The zero-order valence-electron chi connectivity index (χ0n) is 16.0. The summed E-state index contributed by atoms with van der Waals surface area (Å²) >= 11 is 5.91. The normalized spacial score (nSPS) is 14.2. The van der Waals surface area contributed by atoms with Gasteiger partial charge in [-0.2, -0.15) is 0 Å². The number of aryl methyl sites for hydroxylation is 1. The van der Waals surface area contributed by atoms with Gasteiger partial charge in [-0.1, -0.05) is 29.8 Å². The zero-order chi connectivity index (χ0) is 19.1. The molecule has 0 bridgehead atoms. The topological polar surface area (TPSA) is 42.0 Å². The van der Waals surface area contributed by atoms with Gasteiger partial charge in [-0.15, -0.1) is 12.4 Å². The Morgan fingerprint density at radius 3 is 2.50 bits per heavy atom. The maximum Gasteiger partial charge on any atom is 0.241 e. The number of amides is 1. The van der Waals surface area contributed by atoms with Crippen LogP contribution in [0.25, 0.3) is 0 Å². The highest BCUT2D eigenvalue weighted by atomic mass is 35.5. The number of hydrogen-bond acceptors (Lipinski definition) is 4. The minimum absolute atomic E-state index is 0. The second kappa shape index (κ2) is 11.3. The Bertz CT molecular complexity index is 750. The van der Waals surface area contributed by atoms with Gasteiger partial charge in [-0.3, -0.25) is 9.69 Å². The molecule has 2 aromatic carbocycles. The molecule has 1 fully saturated rings. The molecular weight excluding hydrogens is 399 g/mol. The fourth-order valence-electron chi connectivity index (χ4n) is 3.07. The van der Waals surface area contributed by atoms with E-state index in [-0.39, 0.29) is 18.3 Å². The van der Waals surface area contributed by atoms with Gasteiger partial charge in [0, 0.05) is 23.8 Å². The van der Waals surface area contributed by atoms with E-state index in [1.54, 1.807) is 12.1 Å². The summed E-state index contributed by atoms with van der Waals surface area (Å²) in [6.45, 7) is 6.22. The molecular formula is C21H26Cl2N2O3. The first-order chi connectivity index (χ1) is 13.1. The summed E-state index contributed by atoms with van der Waals surface area (Å²) in [6.07, 6.45) is 0. The van der Waals surface area contributed by atoms with Crippen molar-refractivity contribution in [3.05, 3.63) is 59.1 Å². The number of hydrogen-bond donors (Lipinski definition) is 0. The van der Waals surface area contributed by atoms with Crippen molar-refractivity contribution >= 4 is 35.6 Å². The summed E-state index contributed by atoms with van der Waals surface area (Å²) in [4.78, 5) is 17.0. The van der Waals surface area contributed by atoms with E-state index >= 15 is 0 Å². The molecule has 2 aromatic rings. The minimum Gasteiger partial charge on any atom is -0.492 e. The molecule has 7 heteroatoms. The lowest BCUT2D eigenvalue weighted by molar-refractivity contribution is -0.120. The van der Waals surface area contributed by atoms with Crippen molar-refractivity contribution in [1.82, 2.24) is 4.90 Å². The Kier molecular flexibility index (Phi) is 9.06. The van der Waals surface area contributed by atoms with Crippen molar-refractivity contribution in [1.29, 1.82) is 0 Å². The van der Waals surface area contributed by atoms with Crippen LogP contribution in [0.15, 0.2) is 48.5 Å². The maximum absolute atomic E-state index is 13.0. The van der Waals surface area contributed by atoms with Crippen LogP contribution in [-0.2, 0) is 9.53 Å². The molecule has 0 spiro atoms. The van der Waals surface area contributed by atoms with Crippen molar-refractivity contribution in [2.45, 2.75) is 6.92 Å². The molecule has 3 rings (SSSR count). The van der Waals surface area contributed by atoms with Gasteiger partial charge in [0.25, 0.3) is 0 Å². The number of ether oxygens (including phenoxy) is 2. The molecule has 0 N–H and O–H groups in total. The van der Waals surface area contributed by atoms with E-state index in [9.17, 15) is 4.79 Å². The molecule has 1 amide bonds. The third-order valence-electron chi connectivity index (χ3n) is 4.57. The number of anilines is 1. The standard InChI is InChI=1S/C21H25ClN2O3.ClH/c1-17-4-2-3-5-20(17)24(21(25)16-23-10-13-26-14-11-23)12-15-27-19-8-6-18(22)7-9-19;/h2-9H,10-16H2,1H3;1H. The molecule has 5 nitrogen and oxygen atoms in total. The van der Waals surface area contributed by atoms with Gasteiger partial charge in [0.2, 0.25) is 5.91 Å². The average Bonchev–Trinajstić information content (AvgIpc) is 2.68. The van der Waals surface area contributed by atoms with Crippen LogP contribution in [0.5, 0.6) is 5.75 Å². The van der Waals surface area contributed by atoms with Gasteiger partial charge in [-0.05, 0) is 42.8 Å². The quantitative estimate of drug-likeness (QED) is 0.677. The van der Waals surface area contributed by atoms with E-state index in [0.717, 1.165) is 30.1 Å². The molecule has 1 aliphatic heterocycles.